The fraction of sp³-hybridized carbons (Fsp3) is 0.294. The van der Waals surface area contributed by atoms with Crippen molar-refractivity contribution in [1.82, 2.24) is 5.32 Å². The molecule has 2 atom stereocenters. The summed E-state index contributed by atoms with van der Waals surface area (Å²) in [4.78, 5) is 0. The maximum Gasteiger partial charge on any atom is 0.0626 e. The van der Waals surface area contributed by atoms with Crippen LogP contribution < -0.4 is 5.32 Å². The molecule has 3 rings (SSSR count). The number of hydrogen-bond donors (Lipinski definition) is 1. The van der Waals surface area contributed by atoms with Gasteiger partial charge in [-0.1, -0.05) is 60.7 Å². The molecule has 98 valence electrons. The fourth-order valence-electron chi connectivity index (χ4n) is 2.63. The van der Waals surface area contributed by atoms with Crippen LogP contribution in [0.15, 0.2) is 60.7 Å². The van der Waals surface area contributed by atoms with Crippen molar-refractivity contribution >= 4 is 0 Å². The quantitative estimate of drug-likeness (QED) is 0.904. The van der Waals surface area contributed by atoms with Crippen molar-refractivity contribution in [3.8, 4) is 0 Å². The summed E-state index contributed by atoms with van der Waals surface area (Å²) in [6, 6.07) is 21.6. The van der Waals surface area contributed by atoms with Crippen LogP contribution in [-0.4, -0.2) is 19.3 Å². The minimum atomic E-state index is 0.405. The Morgan fingerprint density at radius 2 is 1.58 bits per heavy atom. The Balaban J connectivity index is 1.64. The lowest BCUT2D eigenvalue weighted by Gasteiger charge is -2.19. The van der Waals surface area contributed by atoms with Gasteiger partial charge in [-0.05, 0) is 11.1 Å². The van der Waals surface area contributed by atoms with Gasteiger partial charge in [-0.3, -0.25) is 0 Å². The molecular weight excluding hydrogens is 234 g/mol. The molecule has 0 saturated carbocycles. The second-order valence-electron chi connectivity index (χ2n) is 5.03. The van der Waals surface area contributed by atoms with Crippen LogP contribution in [0.1, 0.15) is 17.0 Å². The Kier molecular flexibility index (Phi) is 3.92. The monoisotopic (exact) mass is 253 g/mol. The number of benzene rings is 2. The second-order valence-corrected chi connectivity index (χ2v) is 5.03. The zero-order valence-corrected chi connectivity index (χ0v) is 11.0. The minimum Gasteiger partial charge on any atom is -0.379 e. The maximum atomic E-state index is 5.65. The summed E-state index contributed by atoms with van der Waals surface area (Å²) in [6.45, 7) is 2.51. The molecule has 2 aromatic rings. The zero-order valence-electron chi connectivity index (χ0n) is 11.0. The third-order valence-electron chi connectivity index (χ3n) is 3.72. The van der Waals surface area contributed by atoms with Crippen LogP contribution in [0.3, 0.4) is 0 Å². The van der Waals surface area contributed by atoms with E-state index in [4.69, 9.17) is 4.74 Å². The predicted molar refractivity (Wildman–Crippen MR) is 77.1 cm³/mol. The standard InChI is InChI=1S/C17H19NO/c1-3-7-14(8-4-1)11-18-17-13-19-12-16(17)15-9-5-2-6-10-15/h1-10,16-18H,11-13H2. The summed E-state index contributed by atoms with van der Waals surface area (Å²) in [5.41, 5.74) is 2.69. The zero-order chi connectivity index (χ0) is 12.9. The van der Waals surface area contributed by atoms with Gasteiger partial charge in [-0.15, -0.1) is 0 Å². The summed E-state index contributed by atoms with van der Waals surface area (Å²) >= 11 is 0. The Hall–Kier alpha value is -1.64. The van der Waals surface area contributed by atoms with Crippen LogP contribution in [0.2, 0.25) is 0 Å². The first-order valence-electron chi connectivity index (χ1n) is 6.83. The fourth-order valence-corrected chi connectivity index (χ4v) is 2.63. The largest absolute Gasteiger partial charge is 0.379 e. The molecule has 0 spiro atoms. The van der Waals surface area contributed by atoms with Crippen molar-refractivity contribution in [2.75, 3.05) is 13.2 Å². The lowest BCUT2D eigenvalue weighted by molar-refractivity contribution is 0.187. The predicted octanol–water partition coefficient (Wildman–Crippen LogP) is 2.96. The molecule has 1 fully saturated rings. The van der Waals surface area contributed by atoms with Gasteiger partial charge in [0.05, 0.1) is 13.2 Å². The minimum absolute atomic E-state index is 0.405. The van der Waals surface area contributed by atoms with Crippen molar-refractivity contribution in [1.29, 1.82) is 0 Å². The molecule has 1 N–H and O–H groups in total. The Bertz CT molecular complexity index is 497. The Morgan fingerprint density at radius 1 is 0.895 bits per heavy atom. The number of ether oxygens (including phenoxy) is 1. The third-order valence-corrected chi connectivity index (χ3v) is 3.72. The number of hydrogen-bond acceptors (Lipinski definition) is 2. The maximum absolute atomic E-state index is 5.65. The van der Waals surface area contributed by atoms with Crippen molar-refractivity contribution in [3.63, 3.8) is 0 Å². The average Bonchev–Trinajstić information content (AvgIpc) is 2.95. The molecule has 2 nitrogen and oxygen atoms in total. The van der Waals surface area contributed by atoms with Crippen molar-refractivity contribution in [2.45, 2.75) is 18.5 Å². The van der Waals surface area contributed by atoms with Gasteiger partial charge in [0.25, 0.3) is 0 Å². The van der Waals surface area contributed by atoms with E-state index < -0.39 is 0 Å². The normalized spacial score (nSPS) is 22.5. The molecule has 0 bridgehead atoms. The van der Waals surface area contributed by atoms with E-state index in [0.29, 0.717) is 12.0 Å². The number of rotatable bonds is 4. The van der Waals surface area contributed by atoms with Gasteiger partial charge in [0.2, 0.25) is 0 Å². The van der Waals surface area contributed by atoms with Crippen LogP contribution in [0.4, 0.5) is 0 Å². The summed E-state index contributed by atoms with van der Waals surface area (Å²) < 4.78 is 5.65. The summed E-state index contributed by atoms with van der Waals surface area (Å²) in [7, 11) is 0. The number of nitrogens with one attached hydrogen (secondary N) is 1. The Labute approximate surface area is 114 Å². The molecule has 1 aliphatic heterocycles. The van der Waals surface area contributed by atoms with E-state index >= 15 is 0 Å². The van der Waals surface area contributed by atoms with Crippen LogP contribution >= 0.6 is 0 Å². The summed E-state index contributed by atoms with van der Waals surface area (Å²) in [5, 5.41) is 3.62. The van der Waals surface area contributed by atoms with Gasteiger partial charge < -0.3 is 10.1 Å². The van der Waals surface area contributed by atoms with Crippen LogP contribution in [0.25, 0.3) is 0 Å². The summed E-state index contributed by atoms with van der Waals surface area (Å²) in [5.74, 6) is 0.463. The van der Waals surface area contributed by atoms with E-state index in [9.17, 15) is 0 Å². The lowest BCUT2D eigenvalue weighted by atomic mass is 9.94. The first kappa shape index (κ1) is 12.4. The van der Waals surface area contributed by atoms with Gasteiger partial charge >= 0.3 is 0 Å². The molecule has 1 aliphatic rings. The third kappa shape index (κ3) is 3.03. The lowest BCUT2D eigenvalue weighted by Crippen LogP contribution is -2.33. The molecule has 0 amide bonds. The van der Waals surface area contributed by atoms with Crippen LogP contribution in [0.5, 0.6) is 0 Å². The molecule has 19 heavy (non-hydrogen) atoms. The molecule has 0 radical (unpaired) electrons. The van der Waals surface area contributed by atoms with E-state index in [-0.39, 0.29) is 0 Å². The van der Waals surface area contributed by atoms with Crippen molar-refractivity contribution < 1.29 is 4.74 Å². The van der Waals surface area contributed by atoms with E-state index in [0.717, 1.165) is 19.8 Å². The SMILES string of the molecule is c1ccc(CNC2COCC2c2ccccc2)cc1. The van der Waals surface area contributed by atoms with Gasteiger partial charge in [0.15, 0.2) is 0 Å². The average molecular weight is 253 g/mol. The highest BCUT2D eigenvalue weighted by Gasteiger charge is 2.28. The van der Waals surface area contributed by atoms with Crippen LogP contribution in [-0.2, 0) is 11.3 Å². The van der Waals surface area contributed by atoms with Crippen molar-refractivity contribution in [3.05, 3.63) is 71.8 Å². The first-order valence-corrected chi connectivity index (χ1v) is 6.83. The molecule has 0 aliphatic carbocycles. The first-order chi connectivity index (χ1) is 9.43. The second kappa shape index (κ2) is 6.00. The summed E-state index contributed by atoms with van der Waals surface area (Å²) in [6.07, 6.45) is 0. The van der Waals surface area contributed by atoms with E-state index in [1.807, 2.05) is 0 Å². The van der Waals surface area contributed by atoms with Gasteiger partial charge in [0, 0.05) is 18.5 Å². The van der Waals surface area contributed by atoms with Crippen molar-refractivity contribution in [2.24, 2.45) is 0 Å². The highest BCUT2D eigenvalue weighted by molar-refractivity contribution is 5.23. The topological polar surface area (TPSA) is 21.3 Å². The van der Waals surface area contributed by atoms with E-state index in [2.05, 4.69) is 66.0 Å². The van der Waals surface area contributed by atoms with Gasteiger partial charge in [-0.25, -0.2) is 0 Å². The highest BCUT2D eigenvalue weighted by atomic mass is 16.5. The molecular formula is C17H19NO. The van der Waals surface area contributed by atoms with Gasteiger partial charge in [-0.2, -0.15) is 0 Å². The Morgan fingerprint density at radius 3 is 2.32 bits per heavy atom. The van der Waals surface area contributed by atoms with E-state index in [1.54, 1.807) is 0 Å². The highest BCUT2D eigenvalue weighted by Crippen LogP contribution is 2.25. The smallest absolute Gasteiger partial charge is 0.0626 e. The molecule has 1 heterocycles. The molecule has 2 aromatic carbocycles. The van der Waals surface area contributed by atoms with E-state index in [1.165, 1.54) is 11.1 Å². The molecule has 1 saturated heterocycles. The molecule has 2 unspecified atom stereocenters. The van der Waals surface area contributed by atoms with Gasteiger partial charge in [0.1, 0.15) is 0 Å². The molecule has 2 heteroatoms. The van der Waals surface area contributed by atoms with Crippen LogP contribution in [0, 0.1) is 0 Å². The molecule has 0 aromatic heterocycles.